The predicted octanol–water partition coefficient (Wildman–Crippen LogP) is 5.63. The molecule has 0 aliphatic heterocycles. The number of benzene rings is 2. The van der Waals surface area contributed by atoms with Crippen molar-refractivity contribution in [2.75, 3.05) is 6.61 Å². The zero-order chi connectivity index (χ0) is 19.9. The second-order valence-corrected chi connectivity index (χ2v) is 10.4. The van der Waals surface area contributed by atoms with Gasteiger partial charge in [0, 0.05) is 19.4 Å². The van der Waals surface area contributed by atoms with Gasteiger partial charge < -0.3 is 4.43 Å². The van der Waals surface area contributed by atoms with Crippen LogP contribution in [-0.4, -0.2) is 14.9 Å². The van der Waals surface area contributed by atoms with Crippen molar-refractivity contribution in [3.63, 3.8) is 0 Å². The zero-order valence-electron chi connectivity index (χ0n) is 17.3. The average molecular weight is 391 g/mol. The summed E-state index contributed by atoms with van der Waals surface area (Å²) in [5, 5.41) is 2.54. The van der Waals surface area contributed by atoms with E-state index in [9.17, 15) is 0 Å². The summed E-state index contributed by atoms with van der Waals surface area (Å²) in [6.07, 6.45) is 9.47. The lowest BCUT2D eigenvalue weighted by Gasteiger charge is -2.29. The number of hydrogen-bond acceptors (Lipinski definition) is 1. The Labute approximate surface area is 173 Å². The first-order valence-corrected chi connectivity index (χ1v) is 12.7. The van der Waals surface area contributed by atoms with Crippen molar-refractivity contribution in [1.82, 2.24) is 0 Å². The highest BCUT2D eigenvalue weighted by Gasteiger charge is 2.36. The van der Waals surface area contributed by atoms with Crippen LogP contribution in [-0.2, 0) is 4.43 Å². The Balaban J connectivity index is 1.83. The van der Waals surface area contributed by atoms with Gasteiger partial charge in [-0.2, -0.15) is 0 Å². The van der Waals surface area contributed by atoms with Crippen LogP contribution in [0.15, 0.2) is 72.9 Å². The average Bonchev–Trinajstić information content (AvgIpc) is 2.76. The van der Waals surface area contributed by atoms with E-state index in [1.165, 1.54) is 42.5 Å². The summed E-state index contributed by atoms with van der Waals surface area (Å²) in [5.41, 5.74) is 2.08. The molecule has 0 bridgehead atoms. The standard InChI is InChI=1S/C26H34OSi/c1-3-5-6-7-8-9-10-11-12-19-24-27-28(4-2,25-20-15-13-16-21-25)26-22-17-14-18-23-26/h4,13-18,20-23H,2-3,7-12,19,24H2,1H3. The molecule has 0 amide bonds. The van der Waals surface area contributed by atoms with E-state index in [1.54, 1.807) is 0 Å². The molecule has 0 atom stereocenters. The zero-order valence-corrected chi connectivity index (χ0v) is 18.3. The molecule has 0 N–H and O–H groups in total. The quantitative estimate of drug-likeness (QED) is 0.259. The van der Waals surface area contributed by atoms with E-state index in [1.807, 2.05) is 0 Å². The molecule has 0 aliphatic carbocycles. The fourth-order valence-corrected chi connectivity index (χ4v) is 6.57. The molecule has 0 aliphatic rings. The molecule has 0 saturated carbocycles. The van der Waals surface area contributed by atoms with E-state index in [-0.39, 0.29) is 0 Å². The Morgan fingerprint density at radius 1 is 0.786 bits per heavy atom. The maximum atomic E-state index is 6.63. The van der Waals surface area contributed by atoms with E-state index < -0.39 is 8.32 Å². The Hall–Kier alpha value is -2.08. The van der Waals surface area contributed by atoms with Crippen LogP contribution >= 0.6 is 0 Å². The molecule has 0 unspecified atom stereocenters. The van der Waals surface area contributed by atoms with Crippen molar-refractivity contribution < 1.29 is 4.43 Å². The van der Waals surface area contributed by atoms with Gasteiger partial charge >= 0.3 is 0 Å². The predicted molar refractivity (Wildman–Crippen MR) is 124 cm³/mol. The summed E-state index contributed by atoms with van der Waals surface area (Å²) < 4.78 is 6.63. The largest absolute Gasteiger partial charge is 0.405 e. The molecule has 2 aromatic carbocycles. The van der Waals surface area contributed by atoms with Crippen LogP contribution in [0.5, 0.6) is 0 Å². The molecule has 0 saturated heterocycles. The highest BCUT2D eigenvalue weighted by molar-refractivity contribution is 7.01. The summed E-state index contributed by atoms with van der Waals surface area (Å²) in [4.78, 5) is 0. The van der Waals surface area contributed by atoms with Crippen molar-refractivity contribution in [3.8, 4) is 11.8 Å². The lowest BCUT2D eigenvalue weighted by atomic mass is 10.1. The maximum absolute atomic E-state index is 6.63. The molecule has 0 spiro atoms. The van der Waals surface area contributed by atoms with Gasteiger partial charge in [0.05, 0.1) is 0 Å². The maximum Gasteiger partial charge on any atom is 0.280 e. The minimum atomic E-state index is -2.37. The van der Waals surface area contributed by atoms with Gasteiger partial charge in [-0.1, -0.05) is 99.0 Å². The van der Waals surface area contributed by atoms with Crippen molar-refractivity contribution in [1.29, 1.82) is 0 Å². The molecule has 28 heavy (non-hydrogen) atoms. The SMILES string of the molecule is C=C[Si](OCCCCCCCCC#CCC)(c1ccccc1)c1ccccc1. The van der Waals surface area contributed by atoms with Crippen molar-refractivity contribution in [2.24, 2.45) is 0 Å². The van der Waals surface area contributed by atoms with E-state index in [4.69, 9.17) is 4.43 Å². The highest BCUT2D eigenvalue weighted by atomic mass is 28.4. The van der Waals surface area contributed by atoms with Crippen LogP contribution in [0, 0.1) is 11.8 Å². The van der Waals surface area contributed by atoms with E-state index in [0.29, 0.717) is 0 Å². The van der Waals surface area contributed by atoms with Gasteiger partial charge in [0.25, 0.3) is 8.32 Å². The van der Waals surface area contributed by atoms with Crippen LogP contribution in [0.1, 0.15) is 58.3 Å². The second-order valence-electron chi connectivity index (χ2n) is 7.10. The van der Waals surface area contributed by atoms with Gasteiger partial charge in [-0.3, -0.25) is 0 Å². The normalized spacial score (nSPS) is 10.9. The molecular weight excluding hydrogens is 356 g/mol. The third-order valence-electron chi connectivity index (χ3n) is 5.02. The van der Waals surface area contributed by atoms with Crippen molar-refractivity contribution in [3.05, 3.63) is 72.9 Å². The third-order valence-corrected chi connectivity index (χ3v) is 8.64. The van der Waals surface area contributed by atoms with E-state index in [2.05, 4.69) is 91.7 Å². The Morgan fingerprint density at radius 2 is 1.32 bits per heavy atom. The highest BCUT2D eigenvalue weighted by Crippen LogP contribution is 2.12. The Morgan fingerprint density at radius 3 is 1.86 bits per heavy atom. The Kier molecular flexibility index (Phi) is 10.4. The molecule has 0 aromatic heterocycles. The van der Waals surface area contributed by atoms with Crippen LogP contribution in [0.4, 0.5) is 0 Å². The summed E-state index contributed by atoms with van der Waals surface area (Å²) in [6.45, 7) is 7.08. The molecule has 2 rings (SSSR count). The van der Waals surface area contributed by atoms with Gasteiger partial charge in [-0.15, -0.1) is 18.4 Å². The number of rotatable bonds is 12. The summed E-state index contributed by atoms with van der Waals surface area (Å²) in [7, 11) is -2.37. The van der Waals surface area contributed by atoms with Crippen LogP contribution in [0.25, 0.3) is 0 Å². The van der Waals surface area contributed by atoms with Crippen molar-refractivity contribution >= 4 is 18.7 Å². The molecule has 1 nitrogen and oxygen atoms in total. The molecular formula is C26H34OSi. The molecule has 2 aromatic rings. The van der Waals surface area contributed by atoms with Gasteiger partial charge in [-0.05, 0) is 23.2 Å². The number of hydrogen-bond donors (Lipinski definition) is 0. The first kappa shape index (κ1) is 22.2. The van der Waals surface area contributed by atoms with Crippen LogP contribution < -0.4 is 10.4 Å². The molecule has 0 fully saturated rings. The monoisotopic (exact) mass is 390 g/mol. The van der Waals surface area contributed by atoms with Gasteiger partial charge in [0.2, 0.25) is 0 Å². The van der Waals surface area contributed by atoms with E-state index >= 15 is 0 Å². The second kappa shape index (κ2) is 13.2. The molecule has 0 heterocycles. The summed E-state index contributed by atoms with van der Waals surface area (Å²) in [6, 6.07) is 21.2. The first-order valence-electron chi connectivity index (χ1n) is 10.7. The van der Waals surface area contributed by atoms with Gasteiger partial charge in [-0.25, -0.2) is 0 Å². The van der Waals surface area contributed by atoms with Crippen LogP contribution in [0.3, 0.4) is 0 Å². The molecule has 0 radical (unpaired) electrons. The Bertz CT molecular complexity index is 688. The lowest BCUT2D eigenvalue weighted by Crippen LogP contribution is -2.59. The van der Waals surface area contributed by atoms with Gasteiger partial charge in [0.15, 0.2) is 0 Å². The fraction of sp³-hybridized carbons (Fsp3) is 0.385. The third kappa shape index (κ3) is 6.82. The lowest BCUT2D eigenvalue weighted by molar-refractivity contribution is 0.308. The summed E-state index contributed by atoms with van der Waals surface area (Å²) in [5.74, 6) is 6.37. The van der Waals surface area contributed by atoms with Gasteiger partial charge in [0.1, 0.15) is 0 Å². The first-order chi connectivity index (χ1) is 13.8. The minimum Gasteiger partial charge on any atom is -0.405 e. The van der Waals surface area contributed by atoms with E-state index in [0.717, 1.165) is 25.9 Å². The smallest absolute Gasteiger partial charge is 0.280 e. The van der Waals surface area contributed by atoms with Crippen molar-refractivity contribution in [2.45, 2.75) is 58.3 Å². The van der Waals surface area contributed by atoms with Crippen LogP contribution in [0.2, 0.25) is 0 Å². The topological polar surface area (TPSA) is 9.23 Å². The fourth-order valence-electron chi connectivity index (χ4n) is 3.47. The summed E-state index contributed by atoms with van der Waals surface area (Å²) >= 11 is 0. The number of unbranched alkanes of at least 4 members (excludes halogenated alkanes) is 6. The molecule has 2 heteroatoms. The molecule has 148 valence electrons. The minimum absolute atomic E-state index is 0.796.